The Kier molecular flexibility index (Phi) is 5.27. The minimum absolute atomic E-state index is 0.248. The van der Waals surface area contributed by atoms with Gasteiger partial charge in [0, 0.05) is 0 Å². The third-order valence-corrected chi connectivity index (χ3v) is 5.84. The molecule has 0 radical (unpaired) electrons. The minimum atomic E-state index is 0.248. The van der Waals surface area contributed by atoms with Crippen LogP contribution in [0.4, 0.5) is 0 Å². The quantitative estimate of drug-likeness (QED) is 0.693. The van der Waals surface area contributed by atoms with Crippen LogP contribution in [0.1, 0.15) is 37.8 Å². The molecule has 0 spiro atoms. The predicted octanol–water partition coefficient (Wildman–Crippen LogP) is 4.53. The Bertz CT molecular complexity index is 450. The first-order valence-electron chi connectivity index (χ1n) is 7.28. The molecule has 0 aliphatic rings. The van der Waals surface area contributed by atoms with Crippen LogP contribution >= 0.6 is 0 Å². The summed E-state index contributed by atoms with van der Waals surface area (Å²) in [5.74, 6) is 0.762. The van der Waals surface area contributed by atoms with Crippen LogP contribution in [0.2, 0.25) is 0 Å². The molecular formula is C18H21Na. The Morgan fingerprint density at radius 1 is 0.895 bits per heavy atom. The van der Waals surface area contributed by atoms with E-state index >= 15 is 0 Å². The van der Waals surface area contributed by atoms with E-state index in [1.54, 1.807) is 0 Å². The molecule has 0 nitrogen and oxygen atoms in total. The van der Waals surface area contributed by atoms with Gasteiger partial charge in [-0.2, -0.15) is 0 Å². The van der Waals surface area contributed by atoms with Gasteiger partial charge in [-0.1, -0.05) is 0 Å². The van der Waals surface area contributed by atoms with Crippen molar-refractivity contribution in [3.05, 3.63) is 71.8 Å². The zero-order valence-corrected chi connectivity index (χ0v) is 14.3. The first-order valence-corrected chi connectivity index (χ1v) is 8.28. The van der Waals surface area contributed by atoms with Gasteiger partial charge in [0.25, 0.3) is 0 Å². The van der Waals surface area contributed by atoms with Gasteiger partial charge in [-0.25, -0.2) is 0 Å². The molecule has 19 heavy (non-hydrogen) atoms. The molecule has 0 fully saturated rings. The summed E-state index contributed by atoms with van der Waals surface area (Å²) in [6, 6.07) is 22.1. The summed E-state index contributed by atoms with van der Waals surface area (Å²) >= 11 is 1.15. The summed E-state index contributed by atoms with van der Waals surface area (Å²) in [6.07, 6.45) is 2.51. The van der Waals surface area contributed by atoms with Crippen LogP contribution in [0.5, 0.6) is 0 Å². The van der Waals surface area contributed by atoms with Crippen LogP contribution in [-0.4, -0.2) is 27.9 Å². The van der Waals surface area contributed by atoms with Crippen molar-refractivity contribution in [2.24, 2.45) is 5.92 Å². The monoisotopic (exact) mass is 260 g/mol. The molecule has 0 aromatic heterocycles. The fraction of sp³-hybridized carbons (Fsp3) is 0.333. The van der Waals surface area contributed by atoms with Crippen molar-refractivity contribution in [1.82, 2.24) is 0 Å². The van der Waals surface area contributed by atoms with Crippen molar-refractivity contribution in [3.8, 4) is 0 Å². The standard InChI is InChI=1S/C18H21.Na/c1-3-15(2)14-18(16-10-6-4-7-11-16)17-12-8-5-9-13-17;/h4-13,15H,3,14H2,1-2H3;. The number of rotatable bonds is 5. The fourth-order valence-electron chi connectivity index (χ4n) is 2.86. The van der Waals surface area contributed by atoms with Crippen molar-refractivity contribution < 1.29 is 0 Å². The second kappa shape index (κ2) is 6.74. The van der Waals surface area contributed by atoms with Gasteiger partial charge in [-0.05, 0) is 0 Å². The molecule has 2 rings (SSSR count). The summed E-state index contributed by atoms with van der Waals surface area (Å²) < 4.78 is 0.248. The molecule has 0 saturated heterocycles. The first kappa shape index (κ1) is 14.8. The predicted molar refractivity (Wildman–Crippen MR) is 83.5 cm³/mol. The molecule has 2 aromatic carbocycles. The Hall–Kier alpha value is -0.560. The summed E-state index contributed by atoms with van der Waals surface area (Å²) in [5, 5.41) is 0. The first-order chi connectivity index (χ1) is 9.16. The number of hydrogen-bond donors (Lipinski definition) is 0. The van der Waals surface area contributed by atoms with E-state index in [4.69, 9.17) is 0 Å². The Morgan fingerprint density at radius 3 is 1.68 bits per heavy atom. The van der Waals surface area contributed by atoms with E-state index < -0.39 is 0 Å². The van der Waals surface area contributed by atoms with Gasteiger partial charge in [0.1, 0.15) is 0 Å². The van der Waals surface area contributed by atoms with Gasteiger partial charge in [0.2, 0.25) is 0 Å². The normalized spacial score (nSPS) is 13.3. The molecular weight excluding hydrogens is 239 g/mol. The zero-order chi connectivity index (χ0) is 13.7. The Morgan fingerprint density at radius 2 is 1.32 bits per heavy atom. The molecule has 0 amide bonds. The van der Waals surface area contributed by atoms with Crippen LogP contribution in [0.3, 0.4) is 0 Å². The average Bonchev–Trinajstić information content (AvgIpc) is 2.48. The van der Waals surface area contributed by atoms with Gasteiger partial charge in [-0.3, -0.25) is 0 Å². The molecule has 0 saturated carbocycles. The van der Waals surface area contributed by atoms with Crippen molar-refractivity contribution in [3.63, 3.8) is 0 Å². The molecule has 2 aromatic rings. The third-order valence-electron chi connectivity index (χ3n) is 4.28. The molecule has 94 valence electrons. The van der Waals surface area contributed by atoms with Gasteiger partial charge >= 0.3 is 135 Å². The van der Waals surface area contributed by atoms with E-state index in [0.717, 1.165) is 33.8 Å². The summed E-state index contributed by atoms with van der Waals surface area (Å²) in [6.45, 7) is 4.67. The molecule has 0 N–H and O–H groups in total. The Labute approximate surface area is 134 Å². The van der Waals surface area contributed by atoms with Crippen LogP contribution in [0.15, 0.2) is 60.7 Å². The molecule has 0 bridgehead atoms. The van der Waals surface area contributed by atoms with Crippen LogP contribution < -0.4 is 0 Å². The van der Waals surface area contributed by atoms with Gasteiger partial charge in [0.05, 0.1) is 0 Å². The van der Waals surface area contributed by atoms with Crippen LogP contribution in [0, 0.1) is 5.92 Å². The molecule has 0 aliphatic carbocycles. The van der Waals surface area contributed by atoms with Crippen LogP contribution in [0.25, 0.3) is 0 Å². The topological polar surface area (TPSA) is 0 Å². The van der Waals surface area contributed by atoms with Gasteiger partial charge < -0.3 is 0 Å². The SMILES string of the molecule is CCC(C)C[C]([Na])(c1ccccc1)c1ccccc1. The summed E-state index contributed by atoms with van der Waals surface area (Å²) in [7, 11) is 0. The maximum absolute atomic E-state index is 2.37. The van der Waals surface area contributed by atoms with Crippen molar-refractivity contribution in [1.29, 1.82) is 0 Å². The van der Waals surface area contributed by atoms with Gasteiger partial charge in [0.15, 0.2) is 0 Å². The molecule has 0 heterocycles. The average molecular weight is 260 g/mol. The molecule has 1 atom stereocenters. The van der Waals surface area contributed by atoms with E-state index in [-0.39, 0.29) is 2.66 Å². The number of hydrogen-bond acceptors (Lipinski definition) is 0. The fourth-order valence-corrected chi connectivity index (χ4v) is 4.22. The molecule has 1 heteroatoms. The van der Waals surface area contributed by atoms with Crippen molar-refractivity contribution >= 4 is 27.9 Å². The zero-order valence-electron chi connectivity index (χ0n) is 12.3. The van der Waals surface area contributed by atoms with E-state index in [2.05, 4.69) is 74.5 Å². The van der Waals surface area contributed by atoms with Crippen LogP contribution in [-0.2, 0) is 2.66 Å². The Balaban J connectivity index is 2.44. The number of benzene rings is 2. The summed E-state index contributed by atoms with van der Waals surface area (Å²) in [4.78, 5) is 0. The maximum atomic E-state index is 2.37. The van der Waals surface area contributed by atoms with E-state index in [9.17, 15) is 0 Å². The van der Waals surface area contributed by atoms with Crippen molar-refractivity contribution in [2.75, 3.05) is 0 Å². The van der Waals surface area contributed by atoms with E-state index in [1.165, 1.54) is 24.0 Å². The van der Waals surface area contributed by atoms with Gasteiger partial charge in [-0.15, -0.1) is 0 Å². The molecule has 1 unspecified atom stereocenters. The van der Waals surface area contributed by atoms with Crippen molar-refractivity contribution in [2.45, 2.75) is 29.4 Å². The van der Waals surface area contributed by atoms with E-state index in [0.29, 0.717) is 0 Å². The second-order valence-corrected chi connectivity index (χ2v) is 7.49. The summed E-state index contributed by atoms with van der Waals surface area (Å²) in [5.41, 5.74) is 2.96. The van der Waals surface area contributed by atoms with E-state index in [1.807, 2.05) is 0 Å². The molecule has 0 aliphatic heterocycles. The third kappa shape index (κ3) is 3.51. The second-order valence-electron chi connectivity index (χ2n) is 5.78.